The number of nitrogens with zero attached hydrogens (tertiary/aromatic N) is 3. The van der Waals surface area contributed by atoms with E-state index >= 15 is 0 Å². The van der Waals surface area contributed by atoms with Gasteiger partial charge in [0.05, 0.1) is 6.33 Å². The highest BCUT2D eigenvalue weighted by Crippen LogP contribution is 2.10. The van der Waals surface area contributed by atoms with Crippen LogP contribution in [0.3, 0.4) is 0 Å². The van der Waals surface area contributed by atoms with Crippen LogP contribution in [0.15, 0.2) is 35.4 Å². The van der Waals surface area contributed by atoms with Crippen LogP contribution in [0.4, 0.5) is 0 Å². The van der Waals surface area contributed by atoms with E-state index in [2.05, 4.69) is 53.1 Å². The zero-order valence-electron chi connectivity index (χ0n) is 12.3. The first-order valence-electron chi connectivity index (χ1n) is 7.17. The zero-order valence-corrected chi connectivity index (χ0v) is 12.3. The molecule has 0 saturated heterocycles. The van der Waals surface area contributed by atoms with Crippen LogP contribution < -0.4 is 5.56 Å². The number of aromatic nitrogens is 4. The van der Waals surface area contributed by atoms with Gasteiger partial charge in [-0.1, -0.05) is 36.8 Å². The number of rotatable bonds is 4. The fourth-order valence-electron chi connectivity index (χ4n) is 2.40. The van der Waals surface area contributed by atoms with Crippen molar-refractivity contribution in [2.75, 3.05) is 0 Å². The van der Waals surface area contributed by atoms with Gasteiger partial charge in [0.15, 0.2) is 11.2 Å². The minimum absolute atomic E-state index is 0.118. The topological polar surface area (TPSA) is 63.6 Å². The second kappa shape index (κ2) is 5.52. The Labute approximate surface area is 122 Å². The van der Waals surface area contributed by atoms with Crippen LogP contribution in [-0.2, 0) is 13.0 Å². The van der Waals surface area contributed by atoms with Crippen molar-refractivity contribution >= 4 is 11.2 Å². The van der Waals surface area contributed by atoms with E-state index in [1.54, 1.807) is 6.33 Å². The molecule has 5 heteroatoms. The third-order valence-corrected chi connectivity index (χ3v) is 3.49. The smallest absolute Gasteiger partial charge is 0.277 e. The highest BCUT2D eigenvalue weighted by molar-refractivity contribution is 5.69. The van der Waals surface area contributed by atoms with Gasteiger partial charge in [0.1, 0.15) is 5.82 Å². The second-order valence-corrected chi connectivity index (χ2v) is 5.29. The largest absolute Gasteiger partial charge is 0.320 e. The Bertz CT molecular complexity index is 814. The molecule has 0 aliphatic rings. The fraction of sp³-hybridized carbons (Fsp3) is 0.312. The average Bonchev–Trinajstić information content (AvgIpc) is 2.85. The van der Waals surface area contributed by atoms with Crippen LogP contribution in [0, 0.1) is 6.92 Å². The van der Waals surface area contributed by atoms with Gasteiger partial charge in [0.2, 0.25) is 0 Å². The van der Waals surface area contributed by atoms with Crippen molar-refractivity contribution in [2.24, 2.45) is 0 Å². The summed E-state index contributed by atoms with van der Waals surface area (Å²) < 4.78 is 1.85. The molecule has 5 nitrogen and oxygen atoms in total. The lowest BCUT2D eigenvalue weighted by atomic mass is 10.1. The van der Waals surface area contributed by atoms with Crippen molar-refractivity contribution in [3.8, 4) is 0 Å². The Morgan fingerprint density at radius 2 is 2.00 bits per heavy atom. The van der Waals surface area contributed by atoms with Crippen molar-refractivity contribution in [1.82, 2.24) is 19.5 Å². The predicted molar refractivity (Wildman–Crippen MR) is 82.4 cm³/mol. The summed E-state index contributed by atoms with van der Waals surface area (Å²) in [6, 6.07) is 8.26. The minimum atomic E-state index is -0.118. The molecular weight excluding hydrogens is 264 g/mol. The SMILES string of the molecule is CCCc1nc2ncn(Cc3ccc(C)cc3)c2c(=O)[nH]1. The molecule has 0 saturated carbocycles. The maximum Gasteiger partial charge on any atom is 0.277 e. The highest BCUT2D eigenvalue weighted by Gasteiger charge is 2.10. The lowest BCUT2D eigenvalue weighted by molar-refractivity contribution is 0.808. The summed E-state index contributed by atoms with van der Waals surface area (Å²) in [5.41, 5.74) is 3.30. The molecule has 21 heavy (non-hydrogen) atoms. The molecule has 0 spiro atoms. The number of aryl methyl sites for hydroxylation is 2. The molecule has 0 bridgehead atoms. The first kappa shape index (κ1) is 13.5. The molecule has 0 fully saturated rings. The Hall–Kier alpha value is -2.43. The lowest BCUT2D eigenvalue weighted by Gasteiger charge is -2.05. The number of H-pyrrole nitrogens is 1. The Balaban J connectivity index is 2.00. The van der Waals surface area contributed by atoms with E-state index < -0.39 is 0 Å². The molecule has 2 heterocycles. The molecule has 2 aromatic heterocycles. The maximum atomic E-state index is 12.2. The molecule has 0 radical (unpaired) electrons. The van der Waals surface area contributed by atoms with E-state index in [-0.39, 0.29) is 5.56 Å². The molecule has 0 aliphatic heterocycles. The van der Waals surface area contributed by atoms with E-state index in [1.165, 1.54) is 5.56 Å². The van der Waals surface area contributed by atoms with Crippen LogP contribution in [-0.4, -0.2) is 19.5 Å². The number of nitrogens with one attached hydrogen (secondary N) is 1. The van der Waals surface area contributed by atoms with Gasteiger partial charge in [0, 0.05) is 13.0 Å². The van der Waals surface area contributed by atoms with Crippen LogP contribution in [0.25, 0.3) is 11.2 Å². The standard InChI is InChI=1S/C16H18N4O/c1-3-4-13-18-15-14(16(21)19-13)20(10-17-15)9-12-7-5-11(2)6-8-12/h5-8,10H,3-4,9H2,1-2H3,(H,18,19,21). The zero-order chi connectivity index (χ0) is 14.8. The van der Waals surface area contributed by atoms with Gasteiger partial charge in [-0.3, -0.25) is 4.79 Å². The van der Waals surface area contributed by atoms with Crippen molar-refractivity contribution in [2.45, 2.75) is 33.2 Å². The normalized spacial score (nSPS) is 11.1. The first-order valence-corrected chi connectivity index (χ1v) is 7.17. The fourth-order valence-corrected chi connectivity index (χ4v) is 2.40. The number of benzene rings is 1. The molecule has 0 amide bonds. The number of aromatic amines is 1. The van der Waals surface area contributed by atoms with E-state index in [9.17, 15) is 4.79 Å². The summed E-state index contributed by atoms with van der Waals surface area (Å²) in [5.74, 6) is 0.704. The molecule has 3 aromatic rings. The molecule has 0 aliphatic carbocycles. The summed E-state index contributed by atoms with van der Waals surface area (Å²) >= 11 is 0. The van der Waals surface area contributed by atoms with Crippen molar-refractivity contribution in [3.63, 3.8) is 0 Å². The Morgan fingerprint density at radius 3 is 2.71 bits per heavy atom. The molecule has 0 unspecified atom stereocenters. The summed E-state index contributed by atoms with van der Waals surface area (Å²) in [7, 11) is 0. The lowest BCUT2D eigenvalue weighted by Crippen LogP contribution is -2.15. The monoisotopic (exact) mass is 282 g/mol. The van der Waals surface area contributed by atoms with Gasteiger partial charge in [-0.2, -0.15) is 0 Å². The average molecular weight is 282 g/mol. The summed E-state index contributed by atoms with van der Waals surface area (Å²) in [5, 5.41) is 0. The Kier molecular flexibility index (Phi) is 3.56. The number of fused-ring (bicyclic) bond motifs is 1. The molecule has 3 rings (SSSR count). The number of imidazole rings is 1. The van der Waals surface area contributed by atoms with Crippen LogP contribution in [0.5, 0.6) is 0 Å². The van der Waals surface area contributed by atoms with E-state index in [4.69, 9.17) is 0 Å². The molecule has 1 N–H and O–H groups in total. The highest BCUT2D eigenvalue weighted by atomic mass is 16.1. The quantitative estimate of drug-likeness (QED) is 0.799. The van der Waals surface area contributed by atoms with Gasteiger partial charge in [0.25, 0.3) is 5.56 Å². The summed E-state index contributed by atoms with van der Waals surface area (Å²) in [4.78, 5) is 23.8. The third-order valence-electron chi connectivity index (χ3n) is 3.49. The third kappa shape index (κ3) is 2.72. The number of hydrogen-bond acceptors (Lipinski definition) is 3. The van der Waals surface area contributed by atoms with Gasteiger partial charge in [-0.25, -0.2) is 9.97 Å². The van der Waals surface area contributed by atoms with Gasteiger partial charge < -0.3 is 9.55 Å². The van der Waals surface area contributed by atoms with Crippen molar-refractivity contribution in [1.29, 1.82) is 0 Å². The summed E-state index contributed by atoms with van der Waals surface area (Å²) in [6.07, 6.45) is 3.39. The van der Waals surface area contributed by atoms with Gasteiger partial charge >= 0.3 is 0 Å². The number of hydrogen-bond donors (Lipinski definition) is 1. The second-order valence-electron chi connectivity index (χ2n) is 5.29. The van der Waals surface area contributed by atoms with Crippen molar-refractivity contribution < 1.29 is 0 Å². The van der Waals surface area contributed by atoms with Gasteiger partial charge in [-0.15, -0.1) is 0 Å². The maximum absolute atomic E-state index is 12.2. The predicted octanol–water partition coefficient (Wildman–Crippen LogP) is 2.43. The van der Waals surface area contributed by atoms with E-state index in [0.29, 0.717) is 23.5 Å². The first-order chi connectivity index (χ1) is 10.2. The van der Waals surface area contributed by atoms with Crippen LogP contribution in [0.1, 0.15) is 30.3 Å². The van der Waals surface area contributed by atoms with E-state index in [1.807, 2.05) is 4.57 Å². The molecule has 1 aromatic carbocycles. The molecular formula is C16H18N4O. The van der Waals surface area contributed by atoms with Crippen LogP contribution >= 0.6 is 0 Å². The van der Waals surface area contributed by atoms with Crippen LogP contribution in [0.2, 0.25) is 0 Å². The molecule has 108 valence electrons. The van der Waals surface area contributed by atoms with E-state index in [0.717, 1.165) is 18.4 Å². The van der Waals surface area contributed by atoms with Gasteiger partial charge in [-0.05, 0) is 18.9 Å². The Morgan fingerprint density at radius 1 is 1.24 bits per heavy atom. The minimum Gasteiger partial charge on any atom is -0.320 e. The summed E-state index contributed by atoms with van der Waals surface area (Å²) in [6.45, 7) is 4.73. The van der Waals surface area contributed by atoms with Crippen molar-refractivity contribution in [3.05, 3.63) is 57.9 Å². The molecule has 0 atom stereocenters.